The third kappa shape index (κ3) is 5.51. The minimum atomic E-state index is -1.35. The molecule has 1 heterocycles. The molecule has 2 aromatic carbocycles. The van der Waals surface area contributed by atoms with Crippen molar-refractivity contribution in [1.82, 2.24) is 15.3 Å². The van der Waals surface area contributed by atoms with Gasteiger partial charge < -0.3 is 15.3 Å². The van der Waals surface area contributed by atoms with Gasteiger partial charge in [-0.15, -0.1) is 0 Å². The highest BCUT2D eigenvalue weighted by Gasteiger charge is 2.23. The number of halogens is 2. The van der Waals surface area contributed by atoms with E-state index in [1.54, 1.807) is 30.6 Å². The molecule has 0 aliphatic rings. The number of aliphatic carboxylic acids is 1. The second-order valence-corrected chi connectivity index (χ2v) is 6.80. The zero-order valence-corrected chi connectivity index (χ0v) is 17.1. The van der Waals surface area contributed by atoms with Gasteiger partial charge in [0.05, 0.1) is 0 Å². The number of nitrogens with zero attached hydrogens (tertiary/aromatic N) is 3. The van der Waals surface area contributed by atoms with Gasteiger partial charge in [0.2, 0.25) is 5.95 Å². The highest BCUT2D eigenvalue weighted by Crippen LogP contribution is 2.20. The van der Waals surface area contributed by atoms with Crippen LogP contribution in [-0.4, -0.2) is 40.0 Å². The molecule has 0 bridgehead atoms. The SMILES string of the molecule is CN(c1ccc(/C=C/C[C@H](NC(=O)c2c(F)cccc2F)C(=O)O)cc1)c1ncccn1. The molecule has 1 atom stereocenters. The molecule has 0 saturated carbocycles. The average Bonchev–Trinajstić information content (AvgIpc) is 2.78. The third-order valence-corrected chi connectivity index (χ3v) is 4.61. The molecule has 0 unspecified atom stereocenters. The van der Waals surface area contributed by atoms with Crippen LogP contribution in [0.15, 0.2) is 67.0 Å². The molecule has 3 rings (SSSR count). The molecule has 1 amide bonds. The van der Waals surface area contributed by atoms with Crippen molar-refractivity contribution < 1.29 is 23.5 Å². The lowest BCUT2D eigenvalue weighted by molar-refractivity contribution is -0.139. The van der Waals surface area contributed by atoms with Crippen LogP contribution in [0, 0.1) is 11.6 Å². The normalized spacial score (nSPS) is 11.8. The molecule has 0 aliphatic carbocycles. The van der Waals surface area contributed by atoms with E-state index in [1.807, 2.05) is 36.2 Å². The van der Waals surface area contributed by atoms with Gasteiger partial charge in [-0.2, -0.15) is 0 Å². The molecule has 0 fully saturated rings. The fourth-order valence-electron chi connectivity index (χ4n) is 2.90. The van der Waals surface area contributed by atoms with E-state index in [1.165, 1.54) is 0 Å². The Bertz CT molecular complexity index is 1100. The summed E-state index contributed by atoms with van der Waals surface area (Å²) in [5.41, 5.74) is 0.840. The van der Waals surface area contributed by atoms with Crippen molar-refractivity contribution in [3.05, 3.63) is 89.8 Å². The van der Waals surface area contributed by atoms with Crippen molar-refractivity contribution >= 4 is 29.6 Å². The van der Waals surface area contributed by atoms with Crippen LogP contribution in [0.3, 0.4) is 0 Å². The van der Waals surface area contributed by atoms with E-state index >= 15 is 0 Å². The summed E-state index contributed by atoms with van der Waals surface area (Å²) < 4.78 is 27.5. The zero-order chi connectivity index (χ0) is 23.1. The van der Waals surface area contributed by atoms with E-state index in [2.05, 4.69) is 15.3 Å². The summed E-state index contributed by atoms with van der Waals surface area (Å²) in [4.78, 5) is 33.8. The van der Waals surface area contributed by atoms with Gasteiger partial charge in [0.15, 0.2) is 0 Å². The van der Waals surface area contributed by atoms with Gasteiger partial charge >= 0.3 is 5.97 Å². The Balaban J connectivity index is 1.64. The first-order valence-corrected chi connectivity index (χ1v) is 9.62. The number of aromatic nitrogens is 2. The topological polar surface area (TPSA) is 95.4 Å². The van der Waals surface area contributed by atoms with Gasteiger partial charge in [0.1, 0.15) is 23.2 Å². The van der Waals surface area contributed by atoms with Crippen LogP contribution in [0.4, 0.5) is 20.4 Å². The van der Waals surface area contributed by atoms with E-state index in [-0.39, 0.29) is 6.42 Å². The number of carbonyl (C=O) groups is 2. The van der Waals surface area contributed by atoms with Crippen LogP contribution in [0.1, 0.15) is 22.3 Å². The minimum absolute atomic E-state index is 0.0728. The minimum Gasteiger partial charge on any atom is -0.480 e. The van der Waals surface area contributed by atoms with E-state index in [9.17, 15) is 23.5 Å². The maximum Gasteiger partial charge on any atom is 0.326 e. The highest BCUT2D eigenvalue weighted by molar-refractivity contribution is 5.97. The fraction of sp³-hybridized carbons (Fsp3) is 0.130. The van der Waals surface area contributed by atoms with E-state index in [0.29, 0.717) is 5.95 Å². The largest absolute Gasteiger partial charge is 0.480 e. The Labute approximate surface area is 183 Å². The standard InChI is InChI=1S/C23H20F2N4O3/c1-29(23-26-13-4-14-27-23)16-11-9-15(10-12-16)5-2-8-19(22(31)32)28-21(30)20-17(24)6-3-7-18(20)25/h2-7,9-14,19H,8H2,1H3,(H,28,30)(H,31,32)/b5-2+/t19-/m0/s1. The van der Waals surface area contributed by atoms with Crippen LogP contribution in [0.2, 0.25) is 0 Å². The summed E-state index contributed by atoms with van der Waals surface area (Å²) >= 11 is 0. The number of carboxylic acid groups (broad SMARTS) is 1. The van der Waals surface area contributed by atoms with Gasteiger partial charge in [-0.3, -0.25) is 4.79 Å². The maximum atomic E-state index is 13.8. The Morgan fingerprint density at radius 1 is 1.06 bits per heavy atom. The second-order valence-electron chi connectivity index (χ2n) is 6.80. The molecule has 164 valence electrons. The van der Waals surface area contributed by atoms with Crippen LogP contribution >= 0.6 is 0 Å². The first-order valence-electron chi connectivity index (χ1n) is 9.62. The van der Waals surface area contributed by atoms with Gasteiger partial charge in [0.25, 0.3) is 5.91 Å². The fourth-order valence-corrected chi connectivity index (χ4v) is 2.90. The Hall–Kier alpha value is -4.14. The smallest absolute Gasteiger partial charge is 0.326 e. The maximum absolute atomic E-state index is 13.8. The van der Waals surface area contributed by atoms with Crippen molar-refractivity contribution in [3.8, 4) is 0 Å². The average molecular weight is 438 g/mol. The number of carboxylic acids is 1. The van der Waals surface area contributed by atoms with Gasteiger partial charge in [-0.25, -0.2) is 23.5 Å². The molecule has 0 aliphatic heterocycles. The van der Waals surface area contributed by atoms with Crippen LogP contribution in [0.5, 0.6) is 0 Å². The molecule has 0 spiro atoms. The first kappa shape index (κ1) is 22.5. The van der Waals surface area contributed by atoms with Crippen molar-refractivity contribution in [2.24, 2.45) is 0 Å². The molecule has 9 heteroatoms. The van der Waals surface area contributed by atoms with E-state index < -0.39 is 35.1 Å². The van der Waals surface area contributed by atoms with Crippen molar-refractivity contribution in [2.75, 3.05) is 11.9 Å². The summed E-state index contributed by atoms with van der Waals surface area (Å²) in [7, 11) is 1.83. The zero-order valence-electron chi connectivity index (χ0n) is 17.1. The third-order valence-electron chi connectivity index (χ3n) is 4.61. The molecule has 0 radical (unpaired) electrons. The molecule has 3 aromatic rings. The van der Waals surface area contributed by atoms with Crippen molar-refractivity contribution in [2.45, 2.75) is 12.5 Å². The number of nitrogens with one attached hydrogen (secondary N) is 1. The lowest BCUT2D eigenvalue weighted by Gasteiger charge is -2.16. The summed E-state index contributed by atoms with van der Waals surface area (Å²) in [5.74, 6) is -4.03. The Kier molecular flexibility index (Phi) is 7.22. The summed E-state index contributed by atoms with van der Waals surface area (Å²) in [6.07, 6.45) is 6.48. The lowest BCUT2D eigenvalue weighted by Crippen LogP contribution is -2.41. The van der Waals surface area contributed by atoms with Gasteiger partial charge in [-0.05, 0) is 42.3 Å². The number of rotatable bonds is 8. The van der Waals surface area contributed by atoms with Gasteiger partial charge in [0, 0.05) is 25.1 Å². The molecular weight excluding hydrogens is 418 g/mol. The van der Waals surface area contributed by atoms with Crippen LogP contribution in [0.25, 0.3) is 6.08 Å². The Morgan fingerprint density at radius 2 is 1.69 bits per heavy atom. The van der Waals surface area contributed by atoms with Crippen LogP contribution < -0.4 is 10.2 Å². The number of hydrogen-bond donors (Lipinski definition) is 2. The quantitative estimate of drug-likeness (QED) is 0.555. The molecule has 1 aromatic heterocycles. The van der Waals surface area contributed by atoms with Crippen LogP contribution in [-0.2, 0) is 4.79 Å². The summed E-state index contributed by atoms with van der Waals surface area (Å²) in [5, 5.41) is 11.5. The lowest BCUT2D eigenvalue weighted by atomic mass is 10.1. The van der Waals surface area contributed by atoms with E-state index in [4.69, 9.17) is 0 Å². The number of carbonyl (C=O) groups excluding carboxylic acids is 1. The van der Waals surface area contributed by atoms with E-state index in [0.717, 1.165) is 29.4 Å². The van der Waals surface area contributed by atoms with Crippen molar-refractivity contribution in [1.29, 1.82) is 0 Å². The van der Waals surface area contributed by atoms with Crippen molar-refractivity contribution in [3.63, 3.8) is 0 Å². The highest BCUT2D eigenvalue weighted by atomic mass is 19.1. The monoisotopic (exact) mass is 438 g/mol. The molecule has 7 nitrogen and oxygen atoms in total. The number of amides is 1. The summed E-state index contributed by atoms with van der Waals surface area (Å²) in [6.45, 7) is 0. The number of hydrogen-bond acceptors (Lipinski definition) is 5. The summed E-state index contributed by atoms with van der Waals surface area (Å²) in [6, 6.07) is 10.7. The Morgan fingerprint density at radius 3 is 2.28 bits per heavy atom. The number of benzene rings is 2. The molecular formula is C23H20F2N4O3. The number of anilines is 2. The predicted molar refractivity (Wildman–Crippen MR) is 115 cm³/mol. The second kappa shape index (κ2) is 10.3. The predicted octanol–water partition coefficient (Wildman–Crippen LogP) is 3.81. The molecule has 0 saturated heterocycles. The molecule has 32 heavy (non-hydrogen) atoms. The van der Waals surface area contributed by atoms with Gasteiger partial charge in [-0.1, -0.05) is 30.4 Å². The molecule has 2 N–H and O–H groups in total. The first-order chi connectivity index (χ1) is 15.4.